The molecule has 0 unspecified atom stereocenters. The number of ether oxygens (including phenoxy) is 1. The molecule has 4 N–H and O–H groups in total. The Balaban J connectivity index is 1.86. The van der Waals surface area contributed by atoms with Crippen molar-refractivity contribution in [3.05, 3.63) is 91.1 Å². The Hall–Kier alpha value is -4.45. The lowest BCUT2D eigenvalue weighted by atomic mass is 10.2. The number of carbonyl (C=O) groups excluding carboxylic acids is 1. The second-order valence-corrected chi connectivity index (χ2v) is 7.55. The van der Waals surface area contributed by atoms with Gasteiger partial charge >= 0.3 is 5.69 Å². The summed E-state index contributed by atoms with van der Waals surface area (Å²) in [7, 11) is 1.45. The van der Waals surface area contributed by atoms with Crippen molar-refractivity contribution in [3.63, 3.8) is 0 Å². The van der Waals surface area contributed by atoms with Gasteiger partial charge in [0.05, 0.1) is 18.1 Å². The van der Waals surface area contributed by atoms with Crippen LogP contribution in [0.4, 0.5) is 22.9 Å². The summed E-state index contributed by atoms with van der Waals surface area (Å²) in [6.45, 7) is 0.285. The molecule has 1 amide bonds. The molecule has 1 heterocycles. The van der Waals surface area contributed by atoms with Gasteiger partial charge in [-0.3, -0.25) is 29.3 Å². The number of methoxy groups -OCH3 is 1. The number of nitrogen functional groups attached to an aromatic ring is 1. The first kappa shape index (κ1) is 25.2. The fourth-order valence-electron chi connectivity index (χ4n) is 3.53. The number of nitro groups is 1. The Bertz CT molecular complexity index is 1300. The summed E-state index contributed by atoms with van der Waals surface area (Å²) in [4.78, 5) is 52.4. The summed E-state index contributed by atoms with van der Waals surface area (Å²) in [6, 6.07) is 15.1. The van der Waals surface area contributed by atoms with Crippen LogP contribution in [-0.4, -0.2) is 47.2 Å². The number of nitro benzene ring substituents is 1. The van der Waals surface area contributed by atoms with E-state index in [0.29, 0.717) is 0 Å². The maximum atomic E-state index is 13.1. The summed E-state index contributed by atoms with van der Waals surface area (Å²) >= 11 is 0. The first-order chi connectivity index (χ1) is 16.8. The third-order valence-electron chi connectivity index (χ3n) is 5.24. The highest BCUT2D eigenvalue weighted by atomic mass is 16.6. The maximum absolute atomic E-state index is 13.1. The molecule has 1 aromatic heterocycles. The topological polar surface area (TPSA) is 166 Å². The molecule has 0 atom stereocenters. The van der Waals surface area contributed by atoms with Crippen LogP contribution in [0.15, 0.2) is 64.2 Å². The number of H-pyrrole nitrogens is 1. The maximum Gasteiger partial charge on any atom is 0.330 e. The van der Waals surface area contributed by atoms with E-state index >= 15 is 0 Å². The van der Waals surface area contributed by atoms with Gasteiger partial charge in [-0.05, 0) is 11.6 Å². The fraction of sp³-hybridized carbons (Fsp3) is 0.261. The average molecular weight is 482 g/mol. The van der Waals surface area contributed by atoms with Gasteiger partial charge in [-0.25, -0.2) is 4.79 Å². The number of nitrogens with one attached hydrogen (secondary N) is 2. The number of amides is 1. The van der Waals surface area contributed by atoms with Crippen molar-refractivity contribution in [1.82, 2.24) is 9.55 Å². The van der Waals surface area contributed by atoms with Crippen LogP contribution in [0.3, 0.4) is 0 Å². The second kappa shape index (κ2) is 11.6. The molecule has 0 aliphatic carbocycles. The fourth-order valence-corrected chi connectivity index (χ4v) is 3.53. The van der Waals surface area contributed by atoms with Crippen molar-refractivity contribution in [2.24, 2.45) is 0 Å². The van der Waals surface area contributed by atoms with Gasteiger partial charge < -0.3 is 20.7 Å². The molecule has 2 aromatic carbocycles. The highest BCUT2D eigenvalue weighted by molar-refractivity contribution is 5.95. The molecule has 35 heavy (non-hydrogen) atoms. The summed E-state index contributed by atoms with van der Waals surface area (Å²) in [5.41, 5.74) is 5.51. The predicted octanol–water partition coefficient (Wildman–Crippen LogP) is 1.56. The van der Waals surface area contributed by atoms with Crippen LogP contribution in [0.25, 0.3) is 0 Å². The summed E-state index contributed by atoms with van der Waals surface area (Å²) in [5.74, 6) is -0.631. The van der Waals surface area contributed by atoms with Crippen LogP contribution in [-0.2, 0) is 16.1 Å². The largest absolute Gasteiger partial charge is 0.383 e. The van der Waals surface area contributed by atoms with E-state index in [4.69, 9.17) is 10.5 Å². The van der Waals surface area contributed by atoms with Crippen molar-refractivity contribution < 1.29 is 14.5 Å². The minimum absolute atomic E-state index is 0.0115. The quantitative estimate of drug-likeness (QED) is 0.273. The van der Waals surface area contributed by atoms with E-state index in [9.17, 15) is 24.5 Å². The monoisotopic (exact) mass is 482 g/mol. The standard InChI is InChI=1S/C23H26N6O6/c1-35-14-13-27(19(30)11-12-25-17-9-5-6-10-18(17)29(33)34)20-21(24)28(23(32)26-22(20)31)15-16-7-3-2-4-8-16/h2-10,25H,11-15,24H2,1H3,(H,26,31,32). The SMILES string of the molecule is COCCN(C(=O)CCNc1ccccc1[N+](=O)[O-])c1c(N)n(Cc2ccccc2)c(=O)[nH]c1=O. The van der Waals surface area contributed by atoms with E-state index in [2.05, 4.69) is 10.3 Å². The number of nitrogens with two attached hydrogens (primary N) is 1. The van der Waals surface area contributed by atoms with Gasteiger partial charge in [0.25, 0.3) is 11.2 Å². The Kier molecular flexibility index (Phi) is 8.35. The first-order valence-electron chi connectivity index (χ1n) is 10.8. The lowest BCUT2D eigenvalue weighted by molar-refractivity contribution is -0.384. The second-order valence-electron chi connectivity index (χ2n) is 7.55. The van der Waals surface area contributed by atoms with Crippen LogP contribution in [0.2, 0.25) is 0 Å². The molecular formula is C23H26N6O6. The molecule has 0 fully saturated rings. The van der Waals surface area contributed by atoms with E-state index in [1.165, 1.54) is 28.7 Å². The first-order valence-corrected chi connectivity index (χ1v) is 10.8. The van der Waals surface area contributed by atoms with E-state index in [1.54, 1.807) is 24.3 Å². The smallest absolute Gasteiger partial charge is 0.330 e. The lowest BCUT2D eigenvalue weighted by Crippen LogP contribution is -2.43. The van der Waals surface area contributed by atoms with Crippen molar-refractivity contribution in [1.29, 1.82) is 0 Å². The Morgan fingerprint density at radius 1 is 1.17 bits per heavy atom. The van der Waals surface area contributed by atoms with Crippen LogP contribution >= 0.6 is 0 Å². The third-order valence-corrected chi connectivity index (χ3v) is 5.24. The van der Waals surface area contributed by atoms with Crippen LogP contribution in [0, 0.1) is 10.1 Å². The molecule has 12 heteroatoms. The van der Waals surface area contributed by atoms with Crippen molar-refractivity contribution in [2.75, 3.05) is 42.8 Å². The normalized spacial score (nSPS) is 10.7. The number of benzene rings is 2. The summed E-state index contributed by atoms with van der Waals surface area (Å²) in [5, 5.41) is 14.1. The number of carbonyl (C=O) groups is 1. The number of hydrogen-bond donors (Lipinski definition) is 3. The molecule has 3 aromatic rings. The summed E-state index contributed by atoms with van der Waals surface area (Å²) < 4.78 is 6.27. The molecule has 0 saturated carbocycles. The van der Waals surface area contributed by atoms with Crippen molar-refractivity contribution in [2.45, 2.75) is 13.0 Å². The van der Waals surface area contributed by atoms with Gasteiger partial charge in [-0.15, -0.1) is 0 Å². The number of aromatic amines is 1. The van der Waals surface area contributed by atoms with Gasteiger partial charge in [0.2, 0.25) is 5.91 Å². The number of rotatable bonds is 11. The van der Waals surface area contributed by atoms with Crippen LogP contribution in [0.5, 0.6) is 0 Å². The molecule has 3 rings (SSSR count). The van der Waals surface area contributed by atoms with Gasteiger partial charge in [0.1, 0.15) is 11.5 Å². The number of anilines is 3. The zero-order chi connectivity index (χ0) is 25.4. The molecule has 0 radical (unpaired) electrons. The Morgan fingerprint density at radius 2 is 1.86 bits per heavy atom. The summed E-state index contributed by atoms with van der Waals surface area (Å²) in [6.07, 6.45) is -0.105. The highest BCUT2D eigenvalue weighted by Gasteiger charge is 2.24. The Morgan fingerprint density at radius 3 is 2.54 bits per heavy atom. The molecule has 0 bridgehead atoms. The molecule has 0 aliphatic heterocycles. The Labute approximate surface area is 200 Å². The van der Waals surface area contributed by atoms with Crippen LogP contribution < -0.4 is 27.2 Å². The molecule has 0 spiro atoms. The minimum Gasteiger partial charge on any atom is -0.383 e. The van der Waals surface area contributed by atoms with Gasteiger partial charge in [0.15, 0.2) is 5.69 Å². The predicted molar refractivity (Wildman–Crippen MR) is 132 cm³/mol. The highest BCUT2D eigenvalue weighted by Crippen LogP contribution is 2.23. The molecule has 0 saturated heterocycles. The average Bonchev–Trinajstić information content (AvgIpc) is 2.84. The number of aromatic nitrogens is 2. The number of para-hydroxylation sites is 2. The van der Waals surface area contributed by atoms with Crippen molar-refractivity contribution in [3.8, 4) is 0 Å². The van der Waals surface area contributed by atoms with Gasteiger partial charge in [-0.2, -0.15) is 0 Å². The molecule has 184 valence electrons. The number of nitrogens with zero attached hydrogens (tertiary/aromatic N) is 3. The molecule has 0 aliphatic rings. The zero-order valence-electron chi connectivity index (χ0n) is 19.1. The third kappa shape index (κ3) is 6.12. The zero-order valence-corrected chi connectivity index (χ0v) is 19.1. The van der Waals surface area contributed by atoms with E-state index in [1.807, 2.05) is 18.2 Å². The van der Waals surface area contributed by atoms with Crippen molar-refractivity contribution >= 4 is 28.8 Å². The molecular weight excluding hydrogens is 456 g/mol. The van der Waals surface area contributed by atoms with Gasteiger partial charge in [-0.1, -0.05) is 42.5 Å². The lowest BCUT2D eigenvalue weighted by Gasteiger charge is -2.24. The van der Waals surface area contributed by atoms with E-state index < -0.39 is 22.1 Å². The van der Waals surface area contributed by atoms with Crippen LogP contribution in [0.1, 0.15) is 12.0 Å². The van der Waals surface area contributed by atoms with Gasteiger partial charge in [0, 0.05) is 32.7 Å². The number of hydrogen-bond acceptors (Lipinski definition) is 8. The molecule has 12 nitrogen and oxygen atoms in total. The minimum atomic E-state index is -0.798. The van der Waals surface area contributed by atoms with E-state index in [-0.39, 0.29) is 55.5 Å². The van der Waals surface area contributed by atoms with E-state index in [0.717, 1.165) is 5.56 Å².